The Bertz CT molecular complexity index is 358. The predicted molar refractivity (Wildman–Crippen MR) is 77.6 cm³/mol. The Morgan fingerprint density at radius 2 is 2.00 bits per heavy atom. The molecule has 1 aromatic carbocycles. The molecule has 0 aliphatic carbocycles. The summed E-state index contributed by atoms with van der Waals surface area (Å²) in [4.78, 5) is 0. The molecule has 102 valence electrons. The maximum atomic E-state index is 6.37. The van der Waals surface area contributed by atoms with E-state index in [0.29, 0.717) is 5.92 Å². The first-order chi connectivity index (χ1) is 8.42. The minimum absolute atomic E-state index is 0.302. The van der Waals surface area contributed by atoms with Crippen molar-refractivity contribution in [2.45, 2.75) is 46.1 Å². The van der Waals surface area contributed by atoms with Gasteiger partial charge in [0.1, 0.15) is 0 Å². The first-order valence-electron chi connectivity index (χ1n) is 6.85. The van der Waals surface area contributed by atoms with Gasteiger partial charge in [0.05, 0.1) is 0 Å². The highest BCUT2D eigenvalue weighted by Gasteiger charge is 2.20. The molecule has 2 N–H and O–H groups in total. The SMILES string of the molecule is Cc1cccc(C(C)(N)CCOCCC(C)C)c1. The molecule has 0 aliphatic rings. The minimum Gasteiger partial charge on any atom is -0.381 e. The minimum atomic E-state index is -0.302. The molecule has 0 radical (unpaired) electrons. The number of rotatable bonds is 7. The first kappa shape index (κ1) is 15.2. The molecular formula is C16H27NO. The van der Waals surface area contributed by atoms with Crippen molar-refractivity contribution in [1.82, 2.24) is 0 Å². The maximum Gasteiger partial charge on any atom is 0.0486 e. The van der Waals surface area contributed by atoms with Crippen molar-refractivity contribution in [2.24, 2.45) is 11.7 Å². The largest absolute Gasteiger partial charge is 0.381 e. The third-order valence-corrected chi connectivity index (χ3v) is 3.28. The van der Waals surface area contributed by atoms with Crippen LogP contribution >= 0.6 is 0 Å². The molecule has 1 unspecified atom stereocenters. The van der Waals surface area contributed by atoms with Gasteiger partial charge in [-0.2, -0.15) is 0 Å². The van der Waals surface area contributed by atoms with E-state index in [9.17, 15) is 0 Å². The number of nitrogens with two attached hydrogens (primary N) is 1. The summed E-state index contributed by atoms with van der Waals surface area (Å²) in [6, 6.07) is 8.42. The first-order valence-corrected chi connectivity index (χ1v) is 6.85. The van der Waals surface area contributed by atoms with Crippen LogP contribution in [0.4, 0.5) is 0 Å². The molecule has 1 rings (SSSR count). The van der Waals surface area contributed by atoms with Gasteiger partial charge in [-0.25, -0.2) is 0 Å². The molecule has 0 fully saturated rings. The lowest BCUT2D eigenvalue weighted by Gasteiger charge is -2.25. The van der Waals surface area contributed by atoms with Gasteiger partial charge in [0, 0.05) is 18.8 Å². The van der Waals surface area contributed by atoms with Crippen LogP contribution in [-0.4, -0.2) is 13.2 Å². The van der Waals surface area contributed by atoms with Crippen LogP contribution in [0.25, 0.3) is 0 Å². The van der Waals surface area contributed by atoms with E-state index in [1.165, 1.54) is 11.1 Å². The zero-order valence-corrected chi connectivity index (χ0v) is 12.2. The number of hydrogen-bond acceptors (Lipinski definition) is 2. The van der Waals surface area contributed by atoms with Crippen LogP contribution in [-0.2, 0) is 10.3 Å². The van der Waals surface area contributed by atoms with Crippen molar-refractivity contribution in [3.05, 3.63) is 35.4 Å². The molecule has 1 aromatic rings. The molecule has 0 heterocycles. The second-order valence-corrected chi connectivity index (χ2v) is 5.83. The van der Waals surface area contributed by atoms with Crippen LogP contribution in [0.1, 0.15) is 44.7 Å². The highest BCUT2D eigenvalue weighted by molar-refractivity contribution is 5.27. The van der Waals surface area contributed by atoms with Gasteiger partial charge in [-0.15, -0.1) is 0 Å². The van der Waals surface area contributed by atoms with Gasteiger partial charge in [0.2, 0.25) is 0 Å². The second-order valence-electron chi connectivity index (χ2n) is 5.83. The Kier molecular flexibility index (Phi) is 5.83. The smallest absolute Gasteiger partial charge is 0.0486 e. The molecule has 0 saturated heterocycles. The molecule has 2 nitrogen and oxygen atoms in total. The van der Waals surface area contributed by atoms with Crippen LogP contribution in [0.15, 0.2) is 24.3 Å². The molecule has 0 aliphatic heterocycles. The number of ether oxygens (including phenoxy) is 1. The standard InChI is InChI=1S/C16H27NO/c1-13(2)8-10-18-11-9-16(4,17)15-7-5-6-14(3)12-15/h5-7,12-13H,8-11,17H2,1-4H3. The normalized spacial score (nSPS) is 14.8. The number of hydrogen-bond donors (Lipinski definition) is 1. The maximum absolute atomic E-state index is 6.37. The Balaban J connectivity index is 2.40. The van der Waals surface area contributed by atoms with E-state index in [1.54, 1.807) is 0 Å². The van der Waals surface area contributed by atoms with E-state index >= 15 is 0 Å². The molecule has 0 spiro atoms. The Morgan fingerprint density at radius 3 is 2.61 bits per heavy atom. The van der Waals surface area contributed by atoms with Gasteiger partial charge >= 0.3 is 0 Å². The monoisotopic (exact) mass is 249 g/mol. The fourth-order valence-corrected chi connectivity index (χ4v) is 1.85. The van der Waals surface area contributed by atoms with Crippen LogP contribution in [0, 0.1) is 12.8 Å². The van der Waals surface area contributed by atoms with Crippen molar-refractivity contribution in [1.29, 1.82) is 0 Å². The molecule has 1 atom stereocenters. The Hall–Kier alpha value is -0.860. The van der Waals surface area contributed by atoms with E-state index in [1.807, 2.05) is 0 Å². The quantitative estimate of drug-likeness (QED) is 0.749. The summed E-state index contributed by atoms with van der Waals surface area (Å²) in [6.07, 6.45) is 1.97. The summed E-state index contributed by atoms with van der Waals surface area (Å²) in [6.45, 7) is 10.2. The lowest BCUT2D eigenvalue weighted by molar-refractivity contribution is 0.107. The summed E-state index contributed by atoms with van der Waals surface area (Å²) in [5, 5.41) is 0. The lowest BCUT2D eigenvalue weighted by Crippen LogP contribution is -2.34. The highest BCUT2D eigenvalue weighted by Crippen LogP contribution is 2.22. The van der Waals surface area contributed by atoms with E-state index in [-0.39, 0.29) is 5.54 Å². The molecule has 2 heteroatoms. The Morgan fingerprint density at radius 1 is 1.28 bits per heavy atom. The second kappa shape index (κ2) is 6.91. The van der Waals surface area contributed by atoms with Crippen LogP contribution in [0.5, 0.6) is 0 Å². The molecule has 18 heavy (non-hydrogen) atoms. The fourth-order valence-electron chi connectivity index (χ4n) is 1.85. The van der Waals surface area contributed by atoms with Crippen LogP contribution in [0.3, 0.4) is 0 Å². The topological polar surface area (TPSA) is 35.2 Å². The zero-order chi connectivity index (χ0) is 13.6. The fraction of sp³-hybridized carbons (Fsp3) is 0.625. The Labute approximate surface area is 112 Å². The van der Waals surface area contributed by atoms with Crippen LogP contribution < -0.4 is 5.73 Å². The summed E-state index contributed by atoms with van der Waals surface area (Å²) in [5.41, 5.74) is 8.51. The van der Waals surface area contributed by atoms with E-state index < -0.39 is 0 Å². The molecule has 0 aromatic heterocycles. The van der Waals surface area contributed by atoms with E-state index in [4.69, 9.17) is 10.5 Å². The van der Waals surface area contributed by atoms with Crippen molar-refractivity contribution >= 4 is 0 Å². The highest BCUT2D eigenvalue weighted by atomic mass is 16.5. The van der Waals surface area contributed by atoms with Crippen LogP contribution in [0.2, 0.25) is 0 Å². The number of benzene rings is 1. The van der Waals surface area contributed by atoms with Crippen molar-refractivity contribution in [2.75, 3.05) is 13.2 Å². The third kappa shape index (κ3) is 5.19. The summed E-state index contributed by atoms with van der Waals surface area (Å²) < 4.78 is 5.65. The van der Waals surface area contributed by atoms with Gasteiger partial charge in [0.15, 0.2) is 0 Å². The van der Waals surface area contributed by atoms with E-state index in [2.05, 4.69) is 52.0 Å². The summed E-state index contributed by atoms with van der Waals surface area (Å²) in [5.74, 6) is 0.700. The lowest BCUT2D eigenvalue weighted by atomic mass is 9.89. The van der Waals surface area contributed by atoms with Gasteiger partial charge in [-0.05, 0) is 38.2 Å². The number of aryl methyl sites for hydroxylation is 1. The summed E-state index contributed by atoms with van der Waals surface area (Å²) >= 11 is 0. The van der Waals surface area contributed by atoms with Gasteiger partial charge < -0.3 is 10.5 Å². The van der Waals surface area contributed by atoms with Gasteiger partial charge in [-0.1, -0.05) is 43.7 Å². The molecular weight excluding hydrogens is 222 g/mol. The zero-order valence-electron chi connectivity index (χ0n) is 12.2. The third-order valence-electron chi connectivity index (χ3n) is 3.28. The van der Waals surface area contributed by atoms with E-state index in [0.717, 1.165) is 26.1 Å². The van der Waals surface area contributed by atoms with Crippen molar-refractivity contribution < 1.29 is 4.74 Å². The van der Waals surface area contributed by atoms with Gasteiger partial charge in [0.25, 0.3) is 0 Å². The average Bonchev–Trinajstić information content (AvgIpc) is 2.28. The molecule has 0 bridgehead atoms. The summed E-state index contributed by atoms with van der Waals surface area (Å²) in [7, 11) is 0. The molecule has 0 saturated carbocycles. The molecule has 0 amide bonds. The van der Waals surface area contributed by atoms with Crippen molar-refractivity contribution in [3.63, 3.8) is 0 Å². The van der Waals surface area contributed by atoms with Gasteiger partial charge in [-0.3, -0.25) is 0 Å². The van der Waals surface area contributed by atoms with Crippen molar-refractivity contribution in [3.8, 4) is 0 Å². The predicted octanol–water partition coefficient (Wildman–Crippen LogP) is 3.62. The average molecular weight is 249 g/mol.